The molecule has 0 aliphatic carbocycles. The van der Waals surface area contributed by atoms with Crippen LogP contribution in [0, 0.1) is 10.1 Å². The summed E-state index contributed by atoms with van der Waals surface area (Å²) in [4.78, 5) is 22.9. The number of hydrogen-bond acceptors (Lipinski definition) is 8. The lowest BCUT2D eigenvalue weighted by atomic mass is 10.2. The summed E-state index contributed by atoms with van der Waals surface area (Å²) in [6.45, 7) is -0.302. The average Bonchev–Trinajstić information content (AvgIpc) is 2.74. The standard InChI is InChI=1S/C19H21N3O8S/c1-28-16-8-7-13(22(24)25)9-15(16)21(31(2,26)27)11-19(23)20-10-14-12-29-17-5-3-4-6-18(17)30-14/h3-9,14H,10-12H2,1-2H3,(H,20,23). The largest absolute Gasteiger partial charge is 0.495 e. The van der Waals surface area contributed by atoms with Gasteiger partial charge >= 0.3 is 0 Å². The summed E-state index contributed by atoms with van der Waals surface area (Å²) in [6.07, 6.45) is 0.436. The number of nitrogens with zero attached hydrogens (tertiary/aromatic N) is 2. The van der Waals surface area contributed by atoms with E-state index in [2.05, 4.69) is 5.32 Å². The number of carbonyl (C=O) groups is 1. The molecular weight excluding hydrogens is 430 g/mol. The number of methoxy groups -OCH3 is 1. The van der Waals surface area contributed by atoms with E-state index < -0.39 is 33.5 Å². The van der Waals surface area contributed by atoms with Crippen LogP contribution in [-0.4, -0.2) is 58.4 Å². The molecule has 0 saturated heterocycles. The maximum absolute atomic E-state index is 12.5. The van der Waals surface area contributed by atoms with Crippen LogP contribution in [0.15, 0.2) is 42.5 Å². The number of fused-ring (bicyclic) bond motifs is 1. The Balaban J connectivity index is 1.72. The van der Waals surface area contributed by atoms with Gasteiger partial charge in [0.25, 0.3) is 5.69 Å². The third kappa shape index (κ3) is 5.34. The molecule has 1 N–H and O–H groups in total. The maximum atomic E-state index is 12.5. The molecule has 1 atom stereocenters. The molecular formula is C19H21N3O8S. The Morgan fingerprint density at radius 3 is 2.65 bits per heavy atom. The molecule has 0 saturated carbocycles. The number of para-hydroxylation sites is 2. The van der Waals surface area contributed by atoms with E-state index in [1.165, 1.54) is 19.2 Å². The van der Waals surface area contributed by atoms with Crippen LogP contribution < -0.4 is 23.8 Å². The molecule has 0 aromatic heterocycles. The van der Waals surface area contributed by atoms with Crippen LogP contribution in [0.4, 0.5) is 11.4 Å². The van der Waals surface area contributed by atoms with E-state index >= 15 is 0 Å². The second-order valence-electron chi connectivity index (χ2n) is 6.68. The molecule has 0 spiro atoms. The van der Waals surface area contributed by atoms with E-state index in [-0.39, 0.29) is 30.3 Å². The van der Waals surface area contributed by atoms with Gasteiger partial charge in [0.2, 0.25) is 15.9 Å². The van der Waals surface area contributed by atoms with Crippen molar-refractivity contribution in [3.63, 3.8) is 0 Å². The van der Waals surface area contributed by atoms with Crippen LogP contribution in [0.2, 0.25) is 0 Å². The summed E-state index contributed by atoms with van der Waals surface area (Å²) < 4.78 is 41.9. The number of carbonyl (C=O) groups excluding carboxylic acids is 1. The number of amides is 1. The Kier molecular flexibility index (Phi) is 6.49. The van der Waals surface area contributed by atoms with E-state index in [1.807, 2.05) is 6.07 Å². The van der Waals surface area contributed by atoms with E-state index in [1.54, 1.807) is 18.2 Å². The summed E-state index contributed by atoms with van der Waals surface area (Å²) in [5.41, 5.74) is -0.447. The molecule has 3 rings (SSSR count). The highest BCUT2D eigenvalue weighted by Gasteiger charge is 2.27. The normalized spacial score (nSPS) is 15.1. The Morgan fingerprint density at radius 1 is 1.29 bits per heavy atom. The fourth-order valence-electron chi connectivity index (χ4n) is 2.95. The summed E-state index contributed by atoms with van der Waals surface area (Å²) in [7, 11) is -2.66. The van der Waals surface area contributed by atoms with E-state index in [4.69, 9.17) is 14.2 Å². The minimum Gasteiger partial charge on any atom is -0.495 e. The number of nitro benzene ring substituents is 1. The Bertz CT molecular complexity index is 1090. The monoisotopic (exact) mass is 451 g/mol. The Morgan fingerprint density at radius 2 is 2.00 bits per heavy atom. The van der Waals surface area contributed by atoms with Crippen molar-refractivity contribution in [3.8, 4) is 17.2 Å². The molecule has 1 aliphatic rings. The van der Waals surface area contributed by atoms with Gasteiger partial charge in [-0.05, 0) is 18.2 Å². The zero-order valence-corrected chi connectivity index (χ0v) is 17.6. The average molecular weight is 451 g/mol. The molecule has 11 nitrogen and oxygen atoms in total. The van der Waals surface area contributed by atoms with Gasteiger partial charge in [-0.1, -0.05) is 12.1 Å². The van der Waals surface area contributed by atoms with Crippen molar-refractivity contribution in [2.45, 2.75) is 6.10 Å². The van der Waals surface area contributed by atoms with Crippen LogP contribution in [0.5, 0.6) is 17.2 Å². The number of ether oxygens (including phenoxy) is 3. The lowest BCUT2D eigenvalue weighted by Gasteiger charge is -2.27. The number of sulfonamides is 1. The van der Waals surface area contributed by atoms with Crippen molar-refractivity contribution < 1.29 is 32.3 Å². The number of non-ortho nitro benzene ring substituents is 1. The summed E-state index contributed by atoms with van der Waals surface area (Å²) in [5.74, 6) is 0.601. The van der Waals surface area contributed by atoms with Crippen LogP contribution in [0.25, 0.3) is 0 Å². The van der Waals surface area contributed by atoms with Crippen molar-refractivity contribution >= 4 is 27.3 Å². The van der Waals surface area contributed by atoms with Gasteiger partial charge in [0, 0.05) is 12.1 Å². The van der Waals surface area contributed by atoms with Crippen molar-refractivity contribution in [3.05, 3.63) is 52.6 Å². The highest BCUT2D eigenvalue weighted by molar-refractivity contribution is 7.92. The van der Waals surface area contributed by atoms with Crippen molar-refractivity contribution in [1.29, 1.82) is 0 Å². The molecule has 1 heterocycles. The first-order valence-electron chi connectivity index (χ1n) is 9.14. The lowest BCUT2D eigenvalue weighted by molar-refractivity contribution is -0.384. The molecule has 1 amide bonds. The highest BCUT2D eigenvalue weighted by atomic mass is 32.2. The number of anilines is 1. The van der Waals surface area contributed by atoms with Gasteiger partial charge < -0.3 is 19.5 Å². The number of nitrogens with one attached hydrogen (secondary N) is 1. The Labute approximate surface area is 178 Å². The number of rotatable bonds is 8. The van der Waals surface area contributed by atoms with E-state index in [0.717, 1.165) is 16.6 Å². The minimum absolute atomic E-state index is 0.0736. The van der Waals surface area contributed by atoms with E-state index in [0.29, 0.717) is 11.5 Å². The molecule has 166 valence electrons. The number of nitro groups is 1. The van der Waals surface area contributed by atoms with Crippen molar-refractivity contribution in [2.24, 2.45) is 0 Å². The Hall–Kier alpha value is -3.54. The maximum Gasteiger partial charge on any atom is 0.271 e. The fraction of sp³-hybridized carbons (Fsp3) is 0.316. The topological polar surface area (TPSA) is 137 Å². The van der Waals surface area contributed by atoms with Crippen LogP contribution in [-0.2, 0) is 14.8 Å². The zero-order valence-electron chi connectivity index (χ0n) is 16.8. The first-order chi connectivity index (χ1) is 14.7. The SMILES string of the molecule is COc1ccc([N+](=O)[O-])cc1N(CC(=O)NCC1COc2ccccc2O1)S(C)(=O)=O. The lowest BCUT2D eigenvalue weighted by Crippen LogP contribution is -2.45. The summed E-state index contributed by atoms with van der Waals surface area (Å²) in [6, 6.07) is 10.6. The molecule has 0 fully saturated rings. The predicted molar refractivity (Wildman–Crippen MR) is 111 cm³/mol. The van der Waals surface area contributed by atoms with Crippen molar-refractivity contribution in [2.75, 3.05) is 37.4 Å². The number of benzene rings is 2. The second kappa shape index (κ2) is 9.08. The third-order valence-electron chi connectivity index (χ3n) is 4.42. The zero-order chi connectivity index (χ0) is 22.6. The van der Waals surface area contributed by atoms with Gasteiger partial charge in [-0.2, -0.15) is 0 Å². The molecule has 2 aromatic carbocycles. The summed E-state index contributed by atoms with van der Waals surface area (Å²) >= 11 is 0. The van der Waals surface area contributed by atoms with Crippen LogP contribution in [0.3, 0.4) is 0 Å². The predicted octanol–water partition coefficient (Wildman–Crippen LogP) is 1.33. The highest BCUT2D eigenvalue weighted by Crippen LogP contribution is 2.34. The quantitative estimate of drug-likeness (QED) is 0.469. The fourth-order valence-corrected chi connectivity index (χ4v) is 3.80. The van der Waals surface area contributed by atoms with Crippen LogP contribution in [0.1, 0.15) is 0 Å². The van der Waals surface area contributed by atoms with Gasteiger partial charge in [0.15, 0.2) is 11.5 Å². The molecule has 1 unspecified atom stereocenters. The van der Waals surface area contributed by atoms with Crippen LogP contribution >= 0.6 is 0 Å². The minimum atomic E-state index is -3.96. The molecule has 1 aliphatic heterocycles. The van der Waals surface area contributed by atoms with Gasteiger partial charge in [-0.25, -0.2) is 8.42 Å². The van der Waals surface area contributed by atoms with Crippen molar-refractivity contribution in [1.82, 2.24) is 5.32 Å². The summed E-state index contributed by atoms with van der Waals surface area (Å²) in [5, 5.41) is 13.7. The van der Waals surface area contributed by atoms with Gasteiger partial charge in [0.05, 0.1) is 24.8 Å². The smallest absolute Gasteiger partial charge is 0.271 e. The number of hydrogen-bond donors (Lipinski definition) is 1. The van der Waals surface area contributed by atoms with Gasteiger partial charge in [0.1, 0.15) is 30.7 Å². The third-order valence-corrected chi connectivity index (χ3v) is 5.55. The molecule has 31 heavy (non-hydrogen) atoms. The molecule has 0 radical (unpaired) electrons. The second-order valence-corrected chi connectivity index (χ2v) is 8.59. The first kappa shape index (κ1) is 22.2. The first-order valence-corrected chi connectivity index (χ1v) is 11.0. The molecule has 2 aromatic rings. The van der Waals surface area contributed by atoms with Gasteiger partial charge in [-0.3, -0.25) is 19.2 Å². The molecule has 12 heteroatoms. The molecule has 0 bridgehead atoms. The van der Waals surface area contributed by atoms with E-state index in [9.17, 15) is 23.3 Å². The van der Waals surface area contributed by atoms with Gasteiger partial charge in [-0.15, -0.1) is 0 Å².